The van der Waals surface area contributed by atoms with Crippen molar-refractivity contribution in [3.8, 4) is 0 Å². The summed E-state index contributed by atoms with van der Waals surface area (Å²) in [6.45, 7) is 2.80. The molecule has 0 saturated heterocycles. The zero-order chi connectivity index (χ0) is 14.3. The number of carbonyl (C=O) groups is 1. The molecular weight excluding hydrogens is 389 g/mol. The lowest BCUT2D eigenvalue weighted by molar-refractivity contribution is 0.0524. The first-order chi connectivity index (χ1) is 9.61. The van der Waals surface area contributed by atoms with Crippen molar-refractivity contribution in [3.63, 3.8) is 0 Å². The molecule has 1 aromatic heterocycles. The molecule has 0 atom stereocenters. The second-order valence-corrected chi connectivity index (χ2v) is 6.82. The quantitative estimate of drug-likeness (QED) is 0.574. The highest BCUT2D eigenvalue weighted by atomic mass is 127. The number of aryl methyl sites for hydroxylation is 1. The van der Waals surface area contributed by atoms with Gasteiger partial charge in [0.1, 0.15) is 5.56 Å². The average Bonchev–Trinajstić information content (AvgIpc) is 2.42. The maximum absolute atomic E-state index is 12.5. The molecule has 0 unspecified atom stereocenters. The van der Waals surface area contributed by atoms with E-state index in [1.165, 1.54) is 0 Å². The Morgan fingerprint density at radius 1 is 1.50 bits per heavy atom. The second-order valence-electron chi connectivity index (χ2n) is 4.43. The zero-order valence-corrected chi connectivity index (χ0v) is 13.8. The molecule has 4 nitrogen and oxygen atoms in total. The number of aromatic nitrogens is 1. The molecule has 0 spiro atoms. The maximum atomic E-state index is 12.5. The highest BCUT2D eigenvalue weighted by molar-refractivity contribution is 14.1. The lowest BCUT2D eigenvalue weighted by atomic mass is 10.1. The molecule has 2 aromatic rings. The fraction of sp³-hybridized carbons (Fsp3) is 0.286. The first-order valence-electron chi connectivity index (χ1n) is 6.28. The summed E-state index contributed by atoms with van der Waals surface area (Å²) in [5, 5.41) is 0.602. The predicted molar refractivity (Wildman–Crippen MR) is 87.6 cm³/mol. The van der Waals surface area contributed by atoms with E-state index in [0.717, 1.165) is 26.3 Å². The number of hydrogen-bond acceptors (Lipinski definition) is 4. The summed E-state index contributed by atoms with van der Waals surface area (Å²) in [4.78, 5) is 25.5. The monoisotopic (exact) mass is 401 g/mol. The van der Waals surface area contributed by atoms with Gasteiger partial charge in [-0.25, -0.2) is 4.79 Å². The van der Waals surface area contributed by atoms with Crippen LogP contribution in [0.4, 0.5) is 0 Å². The molecule has 1 aliphatic rings. The van der Waals surface area contributed by atoms with Crippen LogP contribution in [0.15, 0.2) is 28.0 Å². The Morgan fingerprint density at radius 3 is 3.05 bits per heavy atom. The van der Waals surface area contributed by atoms with Gasteiger partial charge in [-0.2, -0.15) is 0 Å². The van der Waals surface area contributed by atoms with E-state index < -0.39 is 5.97 Å². The van der Waals surface area contributed by atoms with Crippen LogP contribution < -0.4 is 5.43 Å². The minimum atomic E-state index is -0.540. The summed E-state index contributed by atoms with van der Waals surface area (Å²) in [6.07, 6.45) is 1.64. The van der Waals surface area contributed by atoms with Crippen LogP contribution in [0, 0.1) is 3.57 Å². The minimum absolute atomic E-state index is 0.124. The average molecular weight is 401 g/mol. The van der Waals surface area contributed by atoms with E-state index in [2.05, 4.69) is 28.7 Å². The molecule has 0 aliphatic carbocycles. The summed E-state index contributed by atoms with van der Waals surface area (Å²) >= 11 is 3.95. The van der Waals surface area contributed by atoms with Gasteiger partial charge in [0, 0.05) is 32.3 Å². The normalized spacial score (nSPS) is 13.5. The van der Waals surface area contributed by atoms with E-state index in [1.54, 1.807) is 24.9 Å². The molecule has 0 radical (unpaired) electrons. The molecule has 104 valence electrons. The van der Waals surface area contributed by atoms with E-state index >= 15 is 0 Å². The molecule has 0 fully saturated rings. The molecule has 6 heteroatoms. The van der Waals surface area contributed by atoms with Crippen LogP contribution in [-0.2, 0) is 11.3 Å². The SMILES string of the molecule is CCOC(=O)c1cn2c3c(cc(I)cc3c1=O)SCC2. The number of ether oxygens (including phenoxy) is 1. The van der Waals surface area contributed by atoms with Crippen molar-refractivity contribution in [1.29, 1.82) is 0 Å². The fourth-order valence-corrected chi connectivity index (χ4v) is 4.28. The van der Waals surface area contributed by atoms with Crippen molar-refractivity contribution in [2.24, 2.45) is 0 Å². The molecule has 0 amide bonds. The Bertz CT molecular complexity index is 769. The van der Waals surface area contributed by atoms with Gasteiger partial charge in [0.2, 0.25) is 5.43 Å². The van der Waals surface area contributed by atoms with E-state index in [-0.39, 0.29) is 17.6 Å². The third-order valence-corrected chi connectivity index (χ3v) is 4.82. The Balaban J connectivity index is 2.34. The van der Waals surface area contributed by atoms with Crippen molar-refractivity contribution < 1.29 is 9.53 Å². The van der Waals surface area contributed by atoms with Crippen LogP contribution in [0.25, 0.3) is 10.9 Å². The molecule has 1 aromatic carbocycles. The van der Waals surface area contributed by atoms with Crippen LogP contribution in [0.1, 0.15) is 17.3 Å². The van der Waals surface area contributed by atoms with E-state index in [4.69, 9.17) is 4.74 Å². The molecule has 0 saturated carbocycles. The Hall–Kier alpha value is -1.02. The van der Waals surface area contributed by atoms with Gasteiger partial charge in [-0.05, 0) is 41.6 Å². The topological polar surface area (TPSA) is 48.3 Å². The number of rotatable bonds is 2. The van der Waals surface area contributed by atoms with Crippen molar-refractivity contribution in [2.75, 3.05) is 12.4 Å². The third-order valence-electron chi connectivity index (χ3n) is 3.19. The van der Waals surface area contributed by atoms with Gasteiger partial charge in [0.25, 0.3) is 0 Å². The first kappa shape index (κ1) is 13.9. The number of thioether (sulfide) groups is 1. The molecular formula is C14H12INO3S. The number of esters is 1. The number of halogens is 1. The summed E-state index contributed by atoms with van der Waals surface area (Å²) < 4.78 is 7.97. The van der Waals surface area contributed by atoms with Crippen LogP contribution in [0.5, 0.6) is 0 Å². The van der Waals surface area contributed by atoms with Gasteiger partial charge < -0.3 is 9.30 Å². The van der Waals surface area contributed by atoms with Crippen LogP contribution in [0.3, 0.4) is 0 Å². The number of carbonyl (C=O) groups excluding carboxylic acids is 1. The van der Waals surface area contributed by atoms with Crippen molar-refractivity contribution >= 4 is 51.2 Å². The summed E-state index contributed by atoms with van der Waals surface area (Å²) in [7, 11) is 0. The zero-order valence-electron chi connectivity index (χ0n) is 10.8. The lowest BCUT2D eigenvalue weighted by Crippen LogP contribution is -2.23. The van der Waals surface area contributed by atoms with Crippen LogP contribution in [0.2, 0.25) is 0 Å². The van der Waals surface area contributed by atoms with Crippen molar-refractivity contribution in [3.05, 3.63) is 37.7 Å². The number of nitrogens with zero attached hydrogens (tertiary/aromatic N) is 1. The third kappa shape index (κ3) is 2.24. The van der Waals surface area contributed by atoms with Crippen LogP contribution in [-0.4, -0.2) is 22.9 Å². The standard InChI is InChI=1S/C14H12INO3S/c1-2-19-14(18)10-7-16-3-4-20-11-6-8(15)5-9(12(11)16)13(10)17/h5-7H,2-4H2,1H3. The van der Waals surface area contributed by atoms with Gasteiger partial charge in [-0.3, -0.25) is 4.79 Å². The Kier molecular flexibility index (Phi) is 3.76. The second kappa shape index (κ2) is 5.40. The van der Waals surface area contributed by atoms with Gasteiger partial charge in [-0.1, -0.05) is 0 Å². The number of pyridine rings is 1. The van der Waals surface area contributed by atoms with Gasteiger partial charge in [0.05, 0.1) is 12.1 Å². The van der Waals surface area contributed by atoms with Gasteiger partial charge >= 0.3 is 5.97 Å². The van der Waals surface area contributed by atoms with Gasteiger partial charge in [0.15, 0.2) is 0 Å². The minimum Gasteiger partial charge on any atom is -0.462 e. The molecule has 2 heterocycles. The summed E-state index contributed by atoms with van der Waals surface area (Å²) in [5.41, 5.74) is 0.816. The summed E-state index contributed by atoms with van der Waals surface area (Å²) in [6, 6.07) is 3.92. The predicted octanol–water partition coefficient (Wildman–Crippen LogP) is 2.89. The Morgan fingerprint density at radius 2 is 2.30 bits per heavy atom. The van der Waals surface area contributed by atoms with Crippen molar-refractivity contribution in [1.82, 2.24) is 4.57 Å². The molecule has 0 N–H and O–H groups in total. The molecule has 3 rings (SSSR count). The number of hydrogen-bond donors (Lipinski definition) is 0. The van der Waals surface area contributed by atoms with Crippen molar-refractivity contribution in [2.45, 2.75) is 18.4 Å². The van der Waals surface area contributed by atoms with Gasteiger partial charge in [-0.15, -0.1) is 11.8 Å². The lowest BCUT2D eigenvalue weighted by Gasteiger charge is -2.20. The largest absolute Gasteiger partial charge is 0.462 e. The molecule has 0 bridgehead atoms. The van der Waals surface area contributed by atoms with Crippen LogP contribution >= 0.6 is 34.4 Å². The highest BCUT2D eigenvalue weighted by Gasteiger charge is 2.21. The van der Waals surface area contributed by atoms with E-state index in [9.17, 15) is 9.59 Å². The first-order valence-corrected chi connectivity index (χ1v) is 8.35. The van der Waals surface area contributed by atoms with E-state index in [0.29, 0.717) is 5.39 Å². The van der Waals surface area contributed by atoms with E-state index in [1.807, 2.05) is 10.6 Å². The molecule has 1 aliphatic heterocycles. The smallest absolute Gasteiger partial charge is 0.343 e. The maximum Gasteiger partial charge on any atom is 0.343 e. The highest BCUT2D eigenvalue weighted by Crippen LogP contribution is 2.32. The Labute approximate surface area is 133 Å². The summed E-state index contributed by atoms with van der Waals surface area (Å²) in [5.74, 6) is 0.398. The molecule has 20 heavy (non-hydrogen) atoms. The fourth-order valence-electron chi connectivity index (χ4n) is 2.36. The number of benzene rings is 1.